The van der Waals surface area contributed by atoms with E-state index in [4.69, 9.17) is 22.9 Å². The van der Waals surface area contributed by atoms with E-state index in [0.717, 1.165) is 55.6 Å². The number of benzene rings is 7. The number of nitrogens with two attached hydrogens (primary N) is 4. The zero-order valence-corrected chi connectivity index (χ0v) is 52.8. The van der Waals surface area contributed by atoms with Gasteiger partial charge in [-0.2, -0.15) is 52.7 Å². The number of imide groups is 2. The van der Waals surface area contributed by atoms with E-state index in [-0.39, 0.29) is 23.5 Å². The molecule has 0 atom stereocenters. The fourth-order valence-electron chi connectivity index (χ4n) is 12.6. The number of halogens is 12. The molecule has 7 aromatic rings. The number of nitrogens with zero attached hydrogens (tertiary/aromatic N) is 2. The van der Waals surface area contributed by atoms with Crippen LogP contribution < -0.4 is 32.7 Å². The second-order valence-electron chi connectivity index (χ2n) is 23.6. The van der Waals surface area contributed by atoms with Crippen molar-refractivity contribution in [3.8, 4) is 0 Å². The number of carbonyl (C=O) groups is 8. The van der Waals surface area contributed by atoms with Gasteiger partial charge in [-0.1, -0.05) is 24.3 Å². The summed E-state index contributed by atoms with van der Waals surface area (Å²) in [6.45, 7) is 21.1. The second kappa shape index (κ2) is 23.1. The molecule has 502 valence electrons. The van der Waals surface area contributed by atoms with Crippen molar-refractivity contribution in [1.29, 1.82) is 0 Å². The molecule has 0 radical (unpaired) electrons. The number of fused-ring (bicyclic) bond motifs is 4. The fourth-order valence-corrected chi connectivity index (χ4v) is 12.6. The van der Waals surface area contributed by atoms with Gasteiger partial charge in [-0.15, -0.1) is 0 Å². The van der Waals surface area contributed by atoms with Gasteiger partial charge in [-0.25, -0.2) is 29.0 Å². The molecule has 8 N–H and O–H groups in total. The molecule has 0 unspecified atom stereocenters. The van der Waals surface area contributed by atoms with Crippen molar-refractivity contribution in [2.75, 3.05) is 32.7 Å². The molecule has 7 aromatic carbocycles. The van der Waals surface area contributed by atoms with Crippen molar-refractivity contribution in [2.45, 2.75) is 119 Å². The number of cyclic esters (lactones) is 4. The predicted molar refractivity (Wildman–Crippen MR) is 327 cm³/mol. The average molecular weight is 1350 g/mol. The van der Waals surface area contributed by atoms with Gasteiger partial charge in [0.25, 0.3) is 23.6 Å². The second-order valence-corrected chi connectivity index (χ2v) is 23.6. The third-order valence-electron chi connectivity index (χ3n) is 19.0. The number of hydrogen-bond donors (Lipinski definition) is 4. The van der Waals surface area contributed by atoms with E-state index in [2.05, 4.69) is 9.47 Å². The lowest BCUT2D eigenvalue weighted by Gasteiger charge is -2.38. The molecule has 0 aromatic heterocycles. The fraction of sp³-hybridized carbons (Fsp3) is 0.265. The number of ether oxygens (including phenoxy) is 2. The van der Waals surface area contributed by atoms with Crippen LogP contribution in [0.2, 0.25) is 0 Å². The highest BCUT2D eigenvalue weighted by molar-refractivity contribution is 6.36. The topological polar surface area (TPSA) is 266 Å². The van der Waals surface area contributed by atoms with Crippen molar-refractivity contribution in [2.24, 2.45) is 0 Å². The highest BCUT2D eigenvalue weighted by atomic mass is 19.4. The van der Waals surface area contributed by atoms with E-state index in [0.29, 0.717) is 104 Å². The van der Waals surface area contributed by atoms with E-state index >= 15 is 26.3 Å². The van der Waals surface area contributed by atoms with Crippen molar-refractivity contribution in [3.05, 3.63) is 206 Å². The summed E-state index contributed by atoms with van der Waals surface area (Å²) in [5.41, 5.74) is 15.4. The van der Waals surface area contributed by atoms with Crippen LogP contribution in [0, 0.1) is 83.1 Å². The van der Waals surface area contributed by atoms with Crippen LogP contribution in [0.4, 0.5) is 86.8 Å². The minimum absolute atomic E-state index is 0.128. The predicted octanol–water partition coefficient (Wildman–Crippen LogP) is 14.1. The largest absolute Gasteiger partial charge is 0.411 e. The average Bonchev–Trinajstić information content (AvgIpc) is 1.18. The van der Waals surface area contributed by atoms with Crippen LogP contribution in [0.3, 0.4) is 0 Å². The normalized spacial score (nSPS) is 14.7. The Bertz CT molecular complexity index is 4280. The Morgan fingerprint density at radius 3 is 0.688 bits per heavy atom. The molecule has 0 spiro atoms. The van der Waals surface area contributed by atoms with Crippen molar-refractivity contribution >= 4 is 81.6 Å². The number of esters is 4. The third-order valence-corrected chi connectivity index (χ3v) is 19.0. The maximum Gasteiger partial charge on any atom is 0.411 e. The molecule has 4 amide bonds. The van der Waals surface area contributed by atoms with E-state index < -0.39 is 150 Å². The van der Waals surface area contributed by atoms with Gasteiger partial charge in [0.15, 0.2) is 0 Å². The first kappa shape index (κ1) is 69.8. The SMILES string of the molecule is Cc1c(C)c(N)c(C)c(C)c1N.Cc1c(C)c(N2C(=O)c3ccc(C(c4ccc5c(c4)C(=O)N(c4c(C)c(C)c(N)c(C)c4C)C5=O)(C(F)(F)F)C(F)(F)F)cc3C2=O)c(C)c(C)c1N.O=C1OC(=O)c2cc(C(c3ccc4c(c3)C(=O)OC4=O)(C(F)(F)F)C(F)(F)F)ccc21. The highest BCUT2D eigenvalue weighted by Crippen LogP contribution is 2.59. The van der Waals surface area contributed by atoms with Gasteiger partial charge in [0.2, 0.25) is 10.8 Å². The van der Waals surface area contributed by atoms with Gasteiger partial charge in [-0.3, -0.25) is 19.2 Å². The summed E-state index contributed by atoms with van der Waals surface area (Å²) < 4.78 is 186. The number of rotatable bonds is 6. The number of amides is 4. The first-order valence-electron chi connectivity index (χ1n) is 28.7. The summed E-state index contributed by atoms with van der Waals surface area (Å²) in [6, 6.07) is 5.99. The lowest BCUT2D eigenvalue weighted by Crippen LogP contribution is -2.55. The molecule has 96 heavy (non-hydrogen) atoms. The van der Waals surface area contributed by atoms with E-state index in [1.165, 1.54) is 0 Å². The Kier molecular flexibility index (Phi) is 16.8. The Hall–Kier alpha value is -10.5. The highest BCUT2D eigenvalue weighted by Gasteiger charge is 2.74. The Balaban J connectivity index is 0.000000210. The van der Waals surface area contributed by atoms with E-state index in [9.17, 15) is 64.7 Å². The van der Waals surface area contributed by atoms with Crippen LogP contribution in [0.5, 0.6) is 0 Å². The smallest absolute Gasteiger partial charge is 0.398 e. The van der Waals surface area contributed by atoms with Gasteiger partial charge in [0.05, 0.1) is 55.9 Å². The van der Waals surface area contributed by atoms with Gasteiger partial charge >= 0.3 is 48.6 Å². The number of anilines is 6. The van der Waals surface area contributed by atoms with Crippen LogP contribution in [0.15, 0.2) is 72.8 Å². The van der Waals surface area contributed by atoms with Crippen LogP contribution in [-0.4, -0.2) is 72.2 Å². The number of nitrogen functional groups attached to an aromatic ring is 4. The van der Waals surface area contributed by atoms with E-state index in [1.807, 2.05) is 27.7 Å². The Morgan fingerprint density at radius 2 is 0.458 bits per heavy atom. The monoisotopic (exact) mass is 1340 g/mol. The maximum absolute atomic E-state index is 15.4. The molecule has 11 rings (SSSR count). The minimum atomic E-state index is -6.11. The molecule has 0 saturated carbocycles. The molecule has 4 aliphatic rings. The zero-order valence-electron chi connectivity index (χ0n) is 52.8. The first-order valence-corrected chi connectivity index (χ1v) is 28.7. The lowest BCUT2D eigenvalue weighted by atomic mass is 9.71. The first-order chi connectivity index (χ1) is 44.2. The van der Waals surface area contributed by atoms with E-state index in [1.54, 1.807) is 55.4 Å². The summed E-state index contributed by atoms with van der Waals surface area (Å²) in [6.07, 6.45) is -24.3. The van der Waals surface area contributed by atoms with Crippen LogP contribution in [0.1, 0.15) is 172 Å². The molecule has 0 bridgehead atoms. The van der Waals surface area contributed by atoms with Gasteiger partial charge in [-0.05, 0) is 221 Å². The molecule has 16 nitrogen and oxygen atoms in total. The van der Waals surface area contributed by atoms with Crippen molar-refractivity contribution in [3.63, 3.8) is 0 Å². The molecule has 4 heterocycles. The Labute approximate surface area is 538 Å². The molecule has 4 aliphatic heterocycles. The summed E-state index contributed by atoms with van der Waals surface area (Å²) in [5.74, 6) is -9.33. The summed E-state index contributed by atoms with van der Waals surface area (Å²) in [4.78, 5) is 103. The maximum atomic E-state index is 15.4. The molecular weight excluding hydrogens is 1290 g/mol. The number of carbonyl (C=O) groups excluding carboxylic acids is 8. The molecule has 0 fully saturated rings. The standard InChI is InChI=1S/C39H34F6N4O4.C19H6F6O6.C10H16N2/c1-15-19(5)31(20(6)16(2)29(15)46)48-33(50)25-11-9-23(13-27(25)35(48)52)37(38(40,41)42,39(43,44)45)24-10-12-26-28(14-24)36(53)49(34(26)51)32-21(7)17(3)30(47)18(4)22(32)8;20-18(21,22)17(19(23,24)25,7-1-3-9-11(5-7)15(28)30-13(9)26)8-2-4-10-12(6-8)16(29)31-14(10)27;1-5-6(2)10(12)8(4)7(3)9(5)11/h9-14H,46-47H2,1-8H3;1-6H;11-12H2,1-4H3. The van der Waals surface area contributed by atoms with Crippen LogP contribution >= 0.6 is 0 Å². The third kappa shape index (κ3) is 10.1. The van der Waals surface area contributed by atoms with Crippen molar-refractivity contribution < 1.29 is 101 Å². The summed E-state index contributed by atoms with van der Waals surface area (Å²) in [7, 11) is 0. The molecule has 0 aliphatic carbocycles. The van der Waals surface area contributed by atoms with Crippen LogP contribution in [0.25, 0.3) is 0 Å². The molecule has 28 heteroatoms. The number of hydrogen-bond acceptors (Lipinski definition) is 14. The lowest BCUT2D eigenvalue weighted by molar-refractivity contribution is -0.290. The van der Waals surface area contributed by atoms with Crippen LogP contribution in [-0.2, 0) is 20.3 Å². The van der Waals surface area contributed by atoms with Gasteiger partial charge in [0, 0.05) is 22.7 Å². The molecular formula is C68H56F12N6O10. The summed E-state index contributed by atoms with van der Waals surface area (Å²) in [5, 5.41) is 0. The summed E-state index contributed by atoms with van der Waals surface area (Å²) >= 11 is 0. The molecule has 0 saturated heterocycles. The van der Waals surface area contributed by atoms with Crippen molar-refractivity contribution in [1.82, 2.24) is 0 Å². The van der Waals surface area contributed by atoms with Gasteiger partial charge < -0.3 is 32.4 Å². The quantitative estimate of drug-likeness (QED) is 0.0397. The minimum Gasteiger partial charge on any atom is -0.398 e. The Morgan fingerprint density at radius 1 is 0.271 bits per heavy atom. The van der Waals surface area contributed by atoms with Gasteiger partial charge in [0.1, 0.15) is 0 Å². The zero-order chi connectivity index (χ0) is 72.0. The number of alkyl halides is 12.